The molecule has 0 saturated heterocycles. The molecule has 3 rings (SSSR count). The summed E-state index contributed by atoms with van der Waals surface area (Å²) >= 11 is 11.7. The first-order valence-corrected chi connectivity index (χ1v) is 11.3. The Morgan fingerprint density at radius 1 is 0.886 bits per heavy atom. The van der Waals surface area contributed by atoms with E-state index in [1.807, 2.05) is 6.92 Å². The number of carbonyl (C=O) groups excluding carboxylic acids is 3. The number of nitrogens with one attached hydrogen (secondary N) is 2. The number of benzene rings is 3. The molecule has 0 spiro atoms. The number of hydrogen-bond donors (Lipinski definition) is 2. The largest absolute Gasteiger partial charge is 0.494 e. The van der Waals surface area contributed by atoms with E-state index in [-0.39, 0.29) is 5.02 Å². The van der Waals surface area contributed by atoms with E-state index >= 15 is 0 Å². The van der Waals surface area contributed by atoms with Gasteiger partial charge in [-0.05, 0) is 78.7 Å². The molecular weight excluding hydrogens is 493 g/mol. The number of hydrogen-bond acceptors (Lipinski definition) is 6. The van der Waals surface area contributed by atoms with Crippen LogP contribution in [-0.2, 0) is 9.59 Å². The molecule has 2 amide bonds. The van der Waals surface area contributed by atoms with E-state index in [0.29, 0.717) is 39.9 Å². The highest BCUT2D eigenvalue weighted by molar-refractivity contribution is 6.43. The molecule has 0 aromatic heterocycles. The second-order valence-corrected chi connectivity index (χ2v) is 7.93. The highest BCUT2D eigenvalue weighted by atomic mass is 35.5. The van der Waals surface area contributed by atoms with Crippen LogP contribution >= 0.6 is 23.2 Å². The Kier molecular flexibility index (Phi) is 9.23. The SMILES string of the molecule is CCCOc1ccc(C(=O)Oc2ccc(C=NNC(=O)C(=O)Nc3ccc(Cl)c(Cl)c3)cc2)cc1. The monoisotopic (exact) mass is 513 g/mol. The summed E-state index contributed by atoms with van der Waals surface area (Å²) in [7, 11) is 0. The van der Waals surface area contributed by atoms with Gasteiger partial charge in [-0.3, -0.25) is 9.59 Å². The fourth-order valence-corrected chi connectivity index (χ4v) is 2.97. The summed E-state index contributed by atoms with van der Waals surface area (Å²) in [6, 6.07) is 17.5. The zero-order valence-electron chi connectivity index (χ0n) is 18.6. The van der Waals surface area contributed by atoms with Gasteiger partial charge in [0.25, 0.3) is 0 Å². The lowest BCUT2D eigenvalue weighted by Crippen LogP contribution is -2.32. The van der Waals surface area contributed by atoms with Crippen molar-refractivity contribution in [3.63, 3.8) is 0 Å². The number of hydrazone groups is 1. The fraction of sp³-hybridized carbons (Fsp3) is 0.120. The Morgan fingerprint density at radius 3 is 2.23 bits per heavy atom. The average Bonchev–Trinajstić information content (AvgIpc) is 2.86. The summed E-state index contributed by atoms with van der Waals surface area (Å²) in [5, 5.41) is 6.71. The van der Waals surface area contributed by atoms with Crippen molar-refractivity contribution in [2.75, 3.05) is 11.9 Å². The van der Waals surface area contributed by atoms with Crippen LogP contribution in [0.15, 0.2) is 71.8 Å². The third kappa shape index (κ3) is 7.84. The minimum Gasteiger partial charge on any atom is -0.494 e. The number of amides is 2. The molecule has 0 aliphatic heterocycles. The van der Waals surface area contributed by atoms with Gasteiger partial charge in [-0.2, -0.15) is 5.10 Å². The summed E-state index contributed by atoms with van der Waals surface area (Å²) in [6.07, 6.45) is 2.23. The molecule has 10 heteroatoms. The zero-order chi connectivity index (χ0) is 25.2. The zero-order valence-corrected chi connectivity index (χ0v) is 20.1. The number of ether oxygens (including phenoxy) is 2. The minimum absolute atomic E-state index is 0.243. The van der Waals surface area contributed by atoms with E-state index in [2.05, 4.69) is 15.8 Å². The van der Waals surface area contributed by atoms with E-state index < -0.39 is 17.8 Å². The standard InChI is InChI=1S/C25H21Cl2N3O5/c1-2-13-34-19-10-5-17(6-11-19)25(33)35-20-8-3-16(4-9-20)15-28-30-24(32)23(31)29-18-7-12-21(26)22(27)14-18/h3-12,14-15H,2,13H2,1H3,(H,29,31)(H,30,32). The maximum atomic E-state index is 12.3. The van der Waals surface area contributed by atoms with Crippen molar-refractivity contribution in [2.45, 2.75) is 13.3 Å². The molecule has 0 bridgehead atoms. The maximum Gasteiger partial charge on any atom is 0.343 e. The molecule has 0 aliphatic rings. The van der Waals surface area contributed by atoms with Crippen molar-refractivity contribution >= 4 is 52.9 Å². The first kappa shape index (κ1) is 25.7. The molecule has 35 heavy (non-hydrogen) atoms. The predicted molar refractivity (Wildman–Crippen MR) is 134 cm³/mol. The van der Waals surface area contributed by atoms with Gasteiger partial charge in [-0.25, -0.2) is 10.2 Å². The molecule has 0 radical (unpaired) electrons. The Bertz CT molecular complexity index is 1230. The van der Waals surface area contributed by atoms with Crippen LogP contribution in [0, 0.1) is 0 Å². The van der Waals surface area contributed by atoms with Crippen LogP contribution in [0.25, 0.3) is 0 Å². The molecular formula is C25H21Cl2N3O5. The maximum absolute atomic E-state index is 12.3. The lowest BCUT2D eigenvalue weighted by Gasteiger charge is -2.07. The topological polar surface area (TPSA) is 106 Å². The van der Waals surface area contributed by atoms with Crippen molar-refractivity contribution in [3.8, 4) is 11.5 Å². The van der Waals surface area contributed by atoms with Gasteiger partial charge in [-0.1, -0.05) is 30.1 Å². The van der Waals surface area contributed by atoms with Gasteiger partial charge in [-0.15, -0.1) is 0 Å². The average molecular weight is 514 g/mol. The lowest BCUT2D eigenvalue weighted by atomic mass is 10.2. The molecule has 0 unspecified atom stereocenters. The van der Waals surface area contributed by atoms with E-state index in [4.69, 9.17) is 32.7 Å². The van der Waals surface area contributed by atoms with Crippen molar-refractivity contribution < 1.29 is 23.9 Å². The van der Waals surface area contributed by atoms with Crippen molar-refractivity contribution in [2.24, 2.45) is 5.10 Å². The second-order valence-electron chi connectivity index (χ2n) is 7.11. The summed E-state index contributed by atoms with van der Waals surface area (Å²) < 4.78 is 10.9. The molecule has 0 atom stereocenters. The number of anilines is 1. The molecule has 2 N–H and O–H groups in total. The molecule has 0 fully saturated rings. The molecule has 3 aromatic rings. The number of nitrogens with zero attached hydrogens (tertiary/aromatic N) is 1. The van der Waals surface area contributed by atoms with Gasteiger partial charge in [0.15, 0.2) is 0 Å². The minimum atomic E-state index is -0.969. The third-order valence-electron chi connectivity index (χ3n) is 4.42. The Balaban J connectivity index is 1.48. The third-order valence-corrected chi connectivity index (χ3v) is 5.16. The van der Waals surface area contributed by atoms with E-state index in [9.17, 15) is 14.4 Å². The van der Waals surface area contributed by atoms with Crippen LogP contribution in [0.3, 0.4) is 0 Å². The first-order chi connectivity index (χ1) is 16.9. The number of carbonyl (C=O) groups is 3. The van der Waals surface area contributed by atoms with Crippen LogP contribution in [0.1, 0.15) is 29.3 Å². The Labute approximate surface area is 211 Å². The van der Waals surface area contributed by atoms with Crippen LogP contribution in [0.5, 0.6) is 11.5 Å². The number of halogens is 2. The summed E-state index contributed by atoms with van der Waals surface area (Å²) in [5.74, 6) is -1.38. The lowest BCUT2D eigenvalue weighted by molar-refractivity contribution is -0.136. The summed E-state index contributed by atoms with van der Waals surface area (Å²) in [6.45, 7) is 2.62. The van der Waals surface area contributed by atoms with Crippen molar-refractivity contribution in [1.82, 2.24) is 5.43 Å². The normalized spacial score (nSPS) is 10.6. The van der Waals surface area contributed by atoms with Crippen LogP contribution < -0.4 is 20.2 Å². The molecule has 0 heterocycles. The first-order valence-electron chi connectivity index (χ1n) is 10.5. The fourth-order valence-electron chi connectivity index (χ4n) is 2.67. The number of esters is 1. The van der Waals surface area contributed by atoms with Gasteiger partial charge in [0, 0.05) is 5.69 Å². The highest BCUT2D eigenvalue weighted by Gasteiger charge is 2.13. The van der Waals surface area contributed by atoms with Gasteiger partial charge in [0.1, 0.15) is 11.5 Å². The van der Waals surface area contributed by atoms with E-state index in [1.54, 1.807) is 48.5 Å². The number of rotatable bonds is 8. The van der Waals surface area contributed by atoms with Gasteiger partial charge < -0.3 is 14.8 Å². The Morgan fingerprint density at radius 2 is 1.57 bits per heavy atom. The Hall–Kier alpha value is -3.88. The quantitative estimate of drug-likeness (QED) is 0.143. The predicted octanol–water partition coefficient (Wildman–Crippen LogP) is 5.09. The van der Waals surface area contributed by atoms with Crippen LogP contribution in [0.2, 0.25) is 10.0 Å². The smallest absolute Gasteiger partial charge is 0.343 e. The van der Waals surface area contributed by atoms with Crippen LogP contribution in [0.4, 0.5) is 5.69 Å². The molecule has 0 saturated carbocycles. The van der Waals surface area contributed by atoms with Gasteiger partial charge >= 0.3 is 17.8 Å². The van der Waals surface area contributed by atoms with Crippen LogP contribution in [-0.4, -0.2) is 30.6 Å². The van der Waals surface area contributed by atoms with E-state index in [0.717, 1.165) is 6.42 Å². The summed E-state index contributed by atoms with van der Waals surface area (Å²) in [4.78, 5) is 36.2. The van der Waals surface area contributed by atoms with E-state index in [1.165, 1.54) is 24.4 Å². The van der Waals surface area contributed by atoms with Crippen molar-refractivity contribution in [3.05, 3.63) is 87.9 Å². The summed E-state index contributed by atoms with van der Waals surface area (Å²) in [5.41, 5.74) is 3.44. The van der Waals surface area contributed by atoms with Gasteiger partial charge in [0.2, 0.25) is 0 Å². The molecule has 8 nitrogen and oxygen atoms in total. The molecule has 3 aromatic carbocycles. The molecule has 0 aliphatic carbocycles. The second kappa shape index (κ2) is 12.5. The highest BCUT2D eigenvalue weighted by Crippen LogP contribution is 2.25. The van der Waals surface area contributed by atoms with Crippen molar-refractivity contribution in [1.29, 1.82) is 0 Å². The molecule has 180 valence electrons. The van der Waals surface area contributed by atoms with Gasteiger partial charge in [0.05, 0.1) is 28.4 Å².